The molecule has 2 aliphatic rings. The summed E-state index contributed by atoms with van der Waals surface area (Å²) >= 11 is 0. The lowest BCUT2D eigenvalue weighted by atomic mass is 9.72. The summed E-state index contributed by atoms with van der Waals surface area (Å²) in [4.78, 5) is 13.5. The highest BCUT2D eigenvalue weighted by atomic mass is 16.1. The Kier molecular flexibility index (Phi) is 6.10. The van der Waals surface area contributed by atoms with Gasteiger partial charge in [0, 0.05) is 5.56 Å². The first-order valence-electron chi connectivity index (χ1n) is 10.0. The van der Waals surface area contributed by atoms with Gasteiger partial charge in [0.2, 0.25) is 0 Å². The summed E-state index contributed by atoms with van der Waals surface area (Å²) in [6.45, 7) is 2.27. The molecule has 140 valence electrons. The molecule has 26 heavy (non-hydrogen) atoms. The van der Waals surface area contributed by atoms with Crippen LogP contribution in [0.4, 0.5) is 0 Å². The highest BCUT2D eigenvalue weighted by molar-refractivity contribution is 6.06. The first-order chi connectivity index (χ1) is 12.7. The highest BCUT2D eigenvalue weighted by Gasteiger charge is 2.47. The number of hydrogen-bond donors (Lipinski definition) is 2. The quantitative estimate of drug-likeness (QED) is 0.725. The van der Waals surface area contributed by atoms with E-state index in [-0.39, 0.29) is 11.8 Å². The third kappa shape index (κ3) is 3.43. The van der Waals surface area contributed by atoms with Crippen LogP contribution in [0.3, 0.4) is 0 Å². The van der Waals surface area contributed by atoms with Crippen LogP contribution in [-0.2, 0) is 0 Å². The lowest BCUT2D eigenvalue weighted by molar-refractivity contribution is 0.0871. The van der Waals surface area contributed by atoms with E-state index >= 15 is 0 Å². The highest BCUT2D eigenvalue weighted by Crippen LogP contribution is 2.42. The average molecular weight is 353 g/mol. The second kappa shape index (κ2) is 8.32. The van der Waals surface area contributed by atoms with E-state index < -0.39 is 5.54 Å². The number of allylic oxidation sites excluding steroid dienone is 2. The zero-order valence-electron chi connectivity index (χ0n) is 16.3. The van der Waals surface area contributed by atoms with Gasteiger partial charge in [0.15, 0.2) is 5.78 Å². The van der Waals surface area contributed by atoms with Crippen molar-refractivity contribution < 1.29 is 4.79 Å². The predicted molar refractivity (Wildman–Crippen MR) is 108 cm³/mol. The molecule has 0 radical (unpaired) electrons. The minimum atomic E-state index is -0.733. The summed E-state index contributed by atoms with van der Waals surface area (Å²) in [5.74, 6) is 1.54. The van der Waals surface area contributed by atoms with Gasteiger partial charge in [-0.15, -0.1) is 0 Å². The van der Waals surface area contributed by atoms with Crippen molar-refractivity contribution in [1.29, 1.82) is 0 Å². The van der Waals surface area contributed by atoms with Crippen LogP contribution in [0.25, 0.3) is 0 Å². The Balaban J connectivity index is 1.90. The molecule has 1 fully saturated rings. The number of ketones is 1. The lowest BCUT2D eigenvalue weighted by Gasteiger charge is -2.42. The molecule has 1 aromatic carbocycles. The molecule has 1 aromatic rings. The van der Waals surface area contributed by atoms with Gasteiger partial charge in [-0.3, -0.25) is 4.79 Å². The van der Waals surface area contributed by atoms with Gasteiger partial charge in [0.1, 0.15) is 5.54 Å². The Hall–Kier alpha value is -1.71. The second-order valence-electron chi connectivity index (χ2n) is 7.73. The molecule has 0 amide bonds. The molecule has 0 aliphatic heterocycles. The number of carbonyl (C=O) groups excluding carboxylic acids is 1. The van der Waals surface area contributed by atoms with E-state index in [1.165, 1.54) is 37.7 Å². The van der Waals surface area contributed by atoms with Gasteiger partial charge in [-0.2, -0.15) is 0 Å². The molecule has 0 bridgehead atoms. The van der Waals surface area contributed by atoms with Gasteiger partial charge in [0.05, 0.1) is 6.04 Å². The Morgan fingerprint density at radius 1 is 1.19 bits per heavy atom. The van der Waals surface area contributed by atoms with Crippen molar-refractivity contribution in [1.82, 2.24) is 10.6 Å². The van der Waals surface area contributed by atoms with E-state index in [0.717, 1.165) is 11.5 Å². The van der Waals surface area contributed by atoms with E-state index in [1.807, 2.05) is 50.5 Å². The van der Waals surface area contributed by atoms with Gasteiger partial charge in [-0.05, 0) is 50.8 Å². The van der Waals surface area contributed by atoms with Crippen LogP contribution in [-0.4, -0.2) is 31.5 Å². The van der Waals surface area contributed by atoms with Crippen molar-refractivity contribution in [2.75, 3.05) is 14.1 Å². The zero-order chi connectivity index (χ0) is 18.6. The number of rotatable bonds is 7. The molecule has 3 heteroatoms. The number of carbonyl (C=O) groups is 1. The third-order valence-corrected chi connectivity index (χ3v) is 6.26. The molecular weight excluding hydrogens is 320 g/mol. The van der Waals surface area contributed by atoms with Crippen molar-refractivity contribution in [2.24, 2.45) is 11.8 Å². The molecule has 4 atom stereocenters. The fraction of sp³-hybridized carbons (Fsp3) is 0.522. The zero-order valence-corrected chi connectivity index (χ0v) is 16.3. The van der Waals surface area contributed by atoms with Gasteiger partial charge < -0.3 is 10.6 Å². The van der Waals surface area contributed by atoms with Crippen LogP contribution in [0.15, 0.2) is 54.1 Å². The van der Waals surface area contributed by atoms with Crippen LogP contribution in [0.5, 0.6) is 0 Å². The van der Waals surface area contributed by atoms with Crippen molar-refractivity contribution in [3.8, 4) is 0 Å². The SMILES string of the molecule is CCCC1CCC(C2=CC=CC(NC)(C(=O)c3ccccc3)C2NC)C1. The van der Waals surface area contributed by atoms with Gasteiger partial charge in [0.25, 0.3) is 0 Å². The molecule has 3 nitrogen and oxygen atoms in total. The number of likely N-dealkylation sites (N-methyl/N-ethyl adjacent to an activating group) is 2. The molecule has 0 spiro atoms. The van der Waals surface area contributed by atoms with E-state index in [4.69, 9.17) is 0 Å². The summed E-state index contributed by atoms with van der Waals surface area (Å²) in [6, 6.07) is 9.61. The summed E-state index contributed by atoms with van der Waals surface area (Å²) in [7, 11) is 3.87. The van der Waals surface area contributed by atoms with Crippen molar-refractivity contribution >= 4 is 5.78 Å². The molecule has 0 saturated heterocycles. The molecule has 0 heterocycles. The largest absolute Gasteiger partial charge is 0.311 e. The minimum Gasteiger partial charge on any atom is -0.311 e. The number of hydrogen-bond acceptors (Lipinski definition) is 3. The van der Waals surface area contributed by atoms with E-state index in [1.54, 1.807) is 0 Å². The molecule has 2 N–H and O–H groups in total. The smallest absolute Gasteiger partial charge is 0.188 e. The van der Waals surface area contributed by atoms with Crippen molar-refractivity contribution in [3.63, 3.8) is 0 Å². The fourth-order valence-electron chi connectivity index (χ4n) is 4.96. The molecule has 4 unspecified atom stereocenters. The molecular formula is C23H32N2O. The number of benzene rings is 1. The summed E-state index contributed by atoms with van der Waals surface area (Å²) in [6.07, 6.45) is 12.7. The maximum Gasteiger partial charge on any atom is 0.188 e. The molecule has 1 saturated carbocycles. The van der Waals surface area contributed by atoms with Gasteiger partial charge in [-0.1, -0.05) is 68.3 Å². The lowest BCUT2D eigenvalue weighted by Crippen LogP contribution is -2.63. The van der Waals surface area contributed by atoms with E-state index in [9.17, 15) is 4.79 Å². The number of Topliss-reactive ketones (excluding diaryl/α,β-unsaturated/α-hetero) is 1. The van der Waals surface area contributed by atoms with Crippen LogP contribution >= 0.6 is 0 Å². The Morgan fingerprint density at radius 3 is 2.62 bits per heavy atom. The monoisotopic (exact) mass is 352 g/mol. The second-order valence-corrected chi connectivity index (χ2v) is 7.73. The Bertz CT molecular complexity index is 679. The Labute approximate surface area is 158 Å². The first kappa shape index (κ1) is 19.1. The third-order valence-electron chi connectivity index (χ3n) is 6.26. The van der Waals surface area contributed by atoms with Crippen LogP contribution in [0.1, 0.15) is 49.4 Å². The summed E-state index contributed by atoms with van der Waals surface area (Å²) in [5, 5.41) is 6.83. The van der Waals surface area contributed by atoms with Crippen molar-refractivity contribution in [3.05, 3.63) is 59.7 Å². The van der Waals surface area contributed by atoms with Crippen LogP contribution in [0, 0.1) is 11.8 Å². The first-order valence-corrected chi connectivity index (χ1v) is 10.0. The van der Waals surface area contributed by atoms with Crippen LogP contribution < -0.4 is 10.6 Å². The summed E-state index contributed by atoms with van der Waals surface area (Å²) < 4.78 is 0. The summed E-state index contributed by atoms with van der Waals surface area (Å²) in [5.41, 5.74) is 1.40. The standard InChI is InChI=1S/C23H32N2O/c1-4-9-17-13-14-19(16-17)20-12-8-15-23(25-3,21(20)24-2)22(26)18-10-6-5-7-11-18/h5-8,10-12,15,17,19,21,24-25H,4,9,13-14,16H2,1-3H3. The van der Waals surface area contributed by atoms with E-state index in [0.29, 0.717) is 5.92 Å². The number of nitrogens with one attached hydrogen (secondary N) is 2. The van der Waals surface area contributed by atoms with E-state index in [2.05, 4.69) is 29.7 Å². The molecule has 3 rings (SSSR count). The minimum absolute atomic E-state index is 0.0180. The van der Waals surface area contributed by atoms with Crippen molar-refractivity contribution in [2.45, 2.75) is 50.6 Å². The molecule has 2 aliphatic carbocycles. The fourth-order valence-corrected chi connectivity index (χ4v) is 4.96. The topological polar surface area (TPSA) is 41.1 Å². The maximum absolute atomic E-state index is 13.5. The van der Waals surface area contributed by atoms with Crippen LogP contribution in [0.2, 0.25) is 0 Å². The average Bonchev–Trinajstić information content (AvgIpc) is 3.16. The maximum atomic E-state index is 13.5. The van der Waals surface area contributed by atoms with Gasteiger partial charge >= 0.3 is 0 Å². The predicted octanol–water partition coefficient (Wildman–Crippen LogP) is 4.13. The normalized spacial score (nSPS) is 31.0. The Morgan fingerprint density at radius 2 is 1.96 bits per heavy atom. The van der Waals surface area contributed by atoms with Gasteiger partial charge in [-0.25, -0.2) is 0 Å². The molecule has 0 aromatic heterocycles.